The number of aromatic nitrogens is 1. The molecule has 1 aromatic carbocycles. The smallest absolute Gasteiger partial charge is 0.253 e. The second-order valence-corrected chi connectivity index (χ2v) is 7.26. The number of aryl methyl sites for hydroxylation is 1. The van der Waals surface area contributed by atoms with Crippen LogP contribution in [0.5, 0.6) is 0 Å². The number of carbonyl (C=O) groups is 2. The van der Waals surface area contributed by atoms with E-state index < -0.39 is 0 Å². The maximum Gasteiger partial charge on any atom is 0.253 e. The third kappa shape index (κ3) is 4.59. The maximum absolute atomic E-state index is 12.6. The minimum atomic E-state index is -0.117. The van der Waals surface area contributed by atoms with Crippen LogP contribution in [0.4, 0.5) is 0 Å². The van der Waals surface area contributed by atoms with Crippen LogP contribution in [-0.2, 0) is 4.79 Å². The van der Waals surface area contributed by atoms with Crippen LogP contribution in [0.2, 0.25) is 0 Å². The van der Waals surface area contributed by atoms with Crippen LogP contribution in [0.1, 0.15) is 53.8 Å². The number of benzene rings is 1. The molecule has 2 aromatic rings. The fourth-order valence-corrected chi connectivity index (χ4v) is 3.82. The molecule has 1 aliphatic heterocycles. The topological polar surface area (TPSA) is 54.3 Å². The monoisotopic (exact) mass is 367 g/mol. The van der Waals surface area contributed by atoms with Gasteiger partial charge in [-0.1, -0.05) is 31.0 Å². The number of para-hydroxylation sites is 1. The Morgan fingerprint density at radius 2 is 1.67 bits per heavy atom. The number of hydrogen-bond acceptors (Lipinski definition) is 2. The van der Waals surface area contributed by atoms with Crippen molar-refractivity contribution < 1.29 is 9.59 Å². The van der Waals surface area contributed by atoms with E-state index >= 15 is 0 Å². The molecule has 0 aliphatic carbocycles. The van der Waals surface area contributed by atoms with Crippen molar-refractivity contribution in [3.63, 3.8) is 0 Å². The molecule has 0 saturated carbocycles. The Balaban J connectivity index is 1.59. The van der Waals surface area contributed by atoms with E-state index in [-0.39, 0.29) is 11.8 Å². The molecule has 27 heavy (non-hydrogen) atoms. The molecule has 0 radical (unpaired) electrons. The second-order valence-electron chi connectivity index (χ2n) is 7.26. The Hall–Kier alpha value is -2.56. The van der Waals surface area contributed by atoms with Gasteiger partial charge in [0.05, 0.1) is 5.56 Å². The minimum absolute atomic E-state index is 0.117. The fourth-order valence-electron chi connectivity index (χ4n) is 3.82. The molecule has 2 amide bonds. The van der Waals surface area contributed by atoms with Crippen LogP contribution in [0, 0.1) is 13.8 Å². The van der Waals surface area contributed by atoms with E-state index in [4.69, 9.17) is 0 Å². The van der Waals surface area contributed by atoms with Crippen molar-refractivity contribution >= 4 is 11.8 Å². The number of carbonyl (C=O) groups excluding carboxylic acids is 2. The van der Waals surface area contributed by atoms with Crippen LogP contribution in [0.25, 0.3) is 5.69 Å². The average molecular weight is 367 g/mol. The molecule has 144 valence electrons. The zero-order chi connectivity index (χ0) is 19.2. The Labute approximate surface area is 161 Å². The zero-order valence-corrected chi connectivity index (χ0v) is 16.3. The van der Waals surface area contributed by atoms with E-state index in [1.54, 1.807) is 0 Å². The summed E-state index contributed by atoms with van der Waals surface area (Å²) in [6.45, 7) is 6.04. The van der Waals surface area contributed by atoms with Gasteiger partial charge in [0.1, 0.15) is 0 Å². The van der Waals surface area contributed by atoms with E-state index in [2.05, 4.69) is 9.88 Å². The van der Waals surface area contributed by atoms with Gasteiger partial charge in [-0.2, -0.15) is 0 Å². The summed E-state index contributed by atoms with van der Waals surface area (Å²) in [5.74, 6) is 0.0286. The van der Waals surface area contributed by atoms with Crippen LogP contribution in [0.3, 0.4) is 0 Å². The van der Waals surface area contributed by atoms with Gasteiger partial charge in [-0.15, -0.1) is 0 Å². The largest absolute Gasteiger partial charge is 0.351 e. The molecule has 0 unspecified atom stereocenters. The summed E-state index contributed by atoms with van der Waals surface area (Å²) in [6, 6.07) is 11.9. The third-order valence-electron chi connectivity index (χ3n) is 5.27. The van der Waals surface area contributed by atoms with Crippen molar-refractivity contribution in [2.45, 2.75) is 46.0 Å². The molecule has 1 fully saturated rings. The summed E-state index contributed by atoms with van der Waals surface area (Å²) in [6.07, 6.45) is 4.95. The first-order chi connectivity index (χ1) is 13.1. The molecule has 0 bridgehead atoms. The lowest BCUT2D eigenvalue weighted by Gasteiger charge is -2.20. The highest BCUT2D eigenvalue weighted by atomic mass is 16.2. The van der Waals surface area contributed by atoms with Gasteiger partial charge in [-0.25, -0.2) is 0 Å². The van der Waals surface area contributed by atoms with Crippen LogP contribution < -0.4 is 5.32 Å². The molecule has 1 saturated heterocycles. The van der Waals surface area contributed by atoms with Crippen LogP contribution in [-0.4, -0.2) is 40.9 Å². The van der Waals surface area contributed by atoms with Gasteiger partial charge < -0.3 is 14.8 Å². The predicted octanol–water partition coefficient (Wildman–Crippen LogP) is 3.62. The summed E-state index contributed by atoms with van der Waals surface area (Å²) in [4.78, 5) is 26.9. The number of rotatable bonds is 5. The van der Waals surface area contributed by atoms with E-state index in [9.17, 15) is 9.59 Å². The molecule has 1 N–H and O–H groups in total. The van der Waals surface area contributed by atoms with Crippen molar-refractivity contribution in [1.82, 2.24) is 14.8 Å². The summed E-state index contributed by atoms with van der Waals surface area (Å²) < 4.78 is 2.08. The molecule has 1 aromatic heterocycles. The molecular weight excluding hydrogens is 338 g/mol. The van der Waals surface area contributed by atoms with Crippen molar-refractivity contribution in [2.24, 2.45) is 0 Å². The lowest BCUT2D eigenvalue weighted by molar-refractivity contribution is -0.131. The van der Waals surface area contributed by atoms with Crippen molar-refractivity contribution in [1.29, 1.82) is 0 Å². The highest BCUT2D eigenvalue weighted by molar-refractivity contribution is 5.96. The molecule has 5 heteroatoms. The molecule has 0 atom stereocenters. The lowest BCUT2D eigenvalue weighted by atomic mass is 10.2. The predicted molar refractivity (Wildman–Crippen MR) is 107 cm³/mol. The zero-order valence-electron chi connectivity index (χ0n) is 16.3. The Kier molecular flexibility index (Phi) is 6.32. The summed E-state index contributed by atoms with van der Waals surface area (Å²) in [5, 5.41) is 2.92. The van der Waals surface area contributed by atoms with Gasteiger partial charge in [0.2, 0.25) is 5.91 Å². The number of nitrogens with zero attached hydrogens (tertiary/aromatic N) is 2. The van der Waals surface area contributed by atoms with Crippen molar-refractivity contribution in [3.05, 3.63) is 53.3 Å². The van der Waals surface area contributed by atoms with Gasteiger partial charge in [0, 0.05) is 43.1 Å². The van der Waals surface area contributed by atoms with E-state index in [1.807, 2.05) is 55.1 Å². The standard InChI is InChI=1S/C22H29N3O2/c1-17-16-20(18(2)25(17)19-10-6-5-7-11-19)22(27)23-13-12-21(26)24-14-8-3-4-9-15-24/h5-7,10-11,16H,3-4,8-9,12-15H2,1-2H3,(H,23,27). The summed E-state index contributed by atoms with van der Waals surface area (Å²) >= 11 is 0. The van der Waals surface area contributed by atoms with E-state index in [0.29, 0.717) is 18.5 Å². The quantitative estimate of drug-likeness (QED) is 0.878. The van der Waals surface area contributed by atoms with Crippen molar-refractivity contribution in [3.8, 4) is 5.69 Å². The highest BCUT2D eigenvalue weighted by Gasteiger charge is 2.18. The number of hydrogen-bond donors (Lipinski definition) is 1. The highest BCUT2D eigenvalue weighted by Crippen LogP contribution is 2.20. The molecule has 3 rings (SSSR count). The third-order valence-corrected chi connectivity index (χ3v) is 5.27. The Morgan fingerprint density at radius 1 is 1.00 bits per heavy atom. The van der Waals surface area contributed by atoms with Gasteiger partial charge in [-0.3, -0.25) is 9.59 Å². The molecule has 1 aliphatic rings. The van der Waals surface area contributed by atoms with Gasteiger partial charge in [0.15, 0.2) is 0 Å². The SMILES string of the molecule is Cc1cc(C(=O)NCCC(=O)N2CCCCCC2)c(C)n1-c1ccccc1. The van der Waals surface area contributed by atoms with Gasteiger partial charge in [0.25, 0.3) is 5.91 Å². The molecule has 2 heterocycles. The Bertz CT molecular complexity index is 787. The maximum atomic E-state index is 12.6. The van der Waals surface area contributed by atoms with Gasteiger partial charge in [-0.05, 0) is 44.9 Å². The summed E-state index contributed by atoms with van der Waals surface area (Å²) in [5.41, 5.74) is 3.64. The molecule has 0 spiro atoms. The minimum Gasteiger partial charge on any atom is -0.351 e. The van der Waals surface area contributed by atoms with E-state index in [1.165, 1.54) is 12.8 Å². The molecular formula is C22H29N3O2. The van der Waals surface area contributed by atoms with Crippen LogP contribution >= 0.6 is 0 Å². The number of nitrogens with one attached hydrogen (secondary N) is 1. The number of amides is 2. The summed E-state index contributed by atoms with van der Waals surface area (Å²) in [7, 11) is 0. The number of likely N-dealkylation sites (tertiary alicyclic amines) is 1. The Morgan fingerprint density at radius 3 is 2.33 bits per heavy atom. The average Bonchev–Trinajstić information content (AvgIpc) is 2.84. The van der Waals surface area contributed by atoms with Crippen molar-refractivity contribution in [2.75, 3.05) is 19.6 Å². The first-order valence-corrected chi connectivity index (χ1v) is 9.88. The second kappa shape index (κ2) is 8.89. The molecule has 5 nitrogen and oxygen atoms in total. The van der Waals surface area contributed by atoms with Crippen LogP contribution in [0.15, 0.2) is 36.4 Å². The first kappa shape index (κ1) is 19.2. The first-order valence-electron chi connectivity index (χ1n) is 9.88. The van der Waals surface area contributed by atoms with E-state index in [0.717, 1.165) is 43.0 Å². The normalized spacial score (nSPS) is 14.7. The fraction of sp³-hybridized carbons (Fsp3) is 0.455. The lowest BCUT2D eigenvalue weighted by Crippen LogP contribution is -2.35. The van der Waals surface area contributed by atoms with Gasteiger partial charge >= 0.3 is 0 Å².